The fourth-order valence-corrected chi connectivity index (χ4v) is 3.24. The Balaban J connectivity index is 1.80. The first kappa shape index (κ1) is 24.3. The van der Waals surface area contributed by atoms with Gasteiger partial charge in [-0.1, -0.05) is 101 Å². The average molecular weight is 387 g/mol. The SMILES string of the molecule is CCCCCCCCC=CCCCCCCCNC(=O)NCc1ccccc1. The number of nitrogens with one attached hydrogen (secondary N) is 2. The zero-order valence-corrected chi connectivity index (χ0v) is 18.1. The zero-order valence-electron chi connectivity index (χ0n) is 18.1. The Morgan fingerprint density at radius 1 is 0.750 bits per heavy atom. The summed E-state index contributed by atoms with van der Waals surface area (Å²) < 4.78 is 0. The zero-order chi connectivity index (χ0) is 20.1. The molecule has 158 valence electrons. The summed E-state index contributed by atoms with van der Waals surface area (Å²) in [6.45, 7) is 3.62. The molecule has 0 atom stereocenters. The smallest absolute Gasteiger partial charge is 0.315 e. The first-order chi connectivity index (χ1) is 13.8. The van der Waals surface area contributed by atoms with Crippen molar-refractivity contribution in [1.29, 1.82) is 0 Å². The largest absolute Gasteiger partial charge is 0.338 e. The minimum absolute atomic E-state index is 0.0700. The summed E-state index contributed by atoms with van der Waals surface area (Å²) in [4.78, 5) is 11.7. The number of allylic oxidation sites excluding steroid dienone is 2. The van der Waals surface area contributed by atoms with Crippen molar-refractivity contribution in [3.05, 3.63) is 48.0 Å². The van der Waals surface area contributed by atoms with Crippen LogP contribution < -0.4 is 10.6 Å². The highest BCUT2D eigenvalue weighted by molar-refractivity contribution is 5.73. The molecule has 0 heterocycles. The van der Waals surface area contributed by atoms with Crippen molar-refractivity contribution < 1.29 is 4.79 Å². The normalized spacial score (nSPS) is 11.0. The van der Waals surface area contributed by atoms with Gasteiger partial charge < -0.3 is 10.6 Å². The van der Waals surface area contributed by atoms with E-state index in [1.165, 1.54) is 77.0 Å². The number of rotatable bonds is 17. The topological polar surface area (TPSA) is 41.1 Å². The fourth-order valence-electron chi connectivity index (χ4n) is 3.24. The second-order valence-corrected chi connectivity index (χ2v) is 7.68. The van der Waals surface area contributed by atoms with Gasteiger partial charge in [-0.15, -0.1) is 0 Å². The number of carbonyl (C=O) groups is 1. The van der Waals surface area contributed by atoms with E-state index in [1.54, 1.807) is 0 Å². The minimum Gasteiger partial charge on any atom is -0.338 e. The second-order valence-electron chi connectivity index (χ2n) is 7.68. The highest BCUT2D eigenvalue weighted by atomic mass is 16.2. The number of urea groups is 1. The van der Waals surface area contributed by atoms with Crippen LogP contribution in [0.2, 0.25) is 0 Å². The maximum Gasteiger partial charge on any atom is 0.315 e. The van der Waals surface area contributed by atoms with Crippen LogP contribution in [0.5, 0.6) is 0 Å². The predicted octanol–water partition coefficient (Wildman–Crippen LogP) is 7.13. The maximum absolute atomic E-state index is 11.7. The van der Waals surface area contributed by atoms with Gasteiger partial charge in [0.2, 0.25) is 0 Å². The molecule has 1 rings (SSSR count). The number of hydrogen-bond donors (Lipinski definition) is 2. The quantitative estimate of drug-likeness (QED) is 0.217. The van der Waals surface area contributed by atoms with Crippen molar-refractivity contribution in [2.24, 2.45) is 0 Å². The molecule has 0 fully saturated rings. The highest BCUT2D eigenvalue weighted by Gasteiger charge is 1.99. The Labute approximate surface area is 173 Å². The third kappa shape index (κ3) is 15.3. The molecule has 0 saturated carbocycles. The van der Waals surface area contributed by atoms with Gasteiger partial charge in [0, 0.05) is 13.1 Å². The van der Waals surface area contributed by atoms with E-state index in [0.717, 1.165) is 18.5 Å². The van der Waals surface area contributed by atoms with E-state index in [4.69, 9.17) is 0 Å². The molecule has 2 N–H and O–H groups in total. The van der Waals surface area contributed by atoms with Crippen LogP contribution in [0.1, 0.15) is 96.0 Å². The lowest BCUT2D eigenvalue weighted by atomic mass is 10.1. The Bertz CT molecular complexity index is 499. The van der Waals surface area contributed by atoms with E-state index in [1.807, 2.05) is 30.3 Å². The molecule has 3 nitrogen and oxygen atoms in total. The predicted molar refractivity (Wildman–Crippen MR) is 122 cm³/mol. The number of hydrogen-bond acceptors (Lipinski definition) is 1. The molecular formula is C25H42N2O. The fraction of sp³-hybridized carbons (Fsp3) is 0.640. The molecule has 3 heteroatoms. The molecular weight excluding hydrogens is 344 g/mol. The first-order valence-corrected chi connectivity index (χ1v) is 11.5. The summed E-state index contributed by atoms with van der Waals surface area (Å²) >= 11 is 0. The summed E-state index contributed by atoms with van der Waals surface area (Å²) in [6, 6.07) is 9.92. The molecule has 2 amide bonds. The molecule has 0 bridgehead atoms. The summed E-state index contributed by atoms with van der Waals surface area (Å²) in [6.07, 6.45) is 21.6. The van der Waals surface area contributed by atoms with E-state index in [0.29, 0.717) is 6.54 Å². The molecule has 1 aromatic rings. The molecule has 0 aliphatic carbocycles. The lowest BCUT2D eigenvalue weighted by Crippen LogP contribution is -2.35. The van der Waals surface area contributed by atoms with Crippen molar-refractivity contribution in [2.75, 3.05) is 6.54 Å². The van der Waals surface area contributed by atoms with Gasteiger partial charge >= 0.3 is 6.03 Å². The first-order valence-electron chi connectivity index (χ1n) is 11.5. The van der Waals surface area contributed by atoms with Gasteiger partial charge in [0.15, 0.2) is 0 Å². The van der Waals surface area contributed by atoms with Crippen LogP contribution in [0.4, 0.5) is 4.79 Å². The van der Waals surface area contributed by atoms with E-state index < -0.39 is 0 Å². The molecule has 0 aromatic heterocycles. The minimum atomic E-state index is -0.0700. The molecule has 28 heavy (non-hydrogen) atoms. The Morgan fingerprint density at radius 2 is 1.32 bits per heavy atom. The molecule has 0 unspecified atom stereocenters. The van der Waals surface area contributed by atoms with Crippen LogP contribution in [0.15, 0.2) is 42.5 Å². The van der Waals surface area contributed by atoms with Gasteiger partial charge in [0.25, 0.3) is 0 Å². The lowest BCUT2D eigenvalue weighted by molar-refractivity contribution is 0.240. The molecule has 1 aromatic carbocycles. The van der Waals surface area contributed by atoms with E-state index in [2.05, 4.69) is 29.7 Å². The third-order valence-corrected chi connectivity index (χ3v) is 5.02. The Kier molecular flexibility index (Phi) is 16.1. The van der Waals surface area contributed by atoms with Crippen LogP contribution in [0, 0.1) is 0 Å². The monoisotopic (exact) mass is 386 g/mol. The van der Waals surface area contributed by atoms with E-state index in [9.17, 15) is 4.79 Å². The van der Waals surface area contributed by atoms with E-state index in [-0.39, 0.29) is 6.03 Å². The lowest BCUT2D eigenvalue weighted by Gasteiger charge is -2.07. The van der Waals surface area contributed by atoms with Crippen LogP contribution in [0.3, 0.4) is 0 Å². The average Bonchev–Trinajstić information content (AvgIpc) is 2.72. The molecule has 0 aliphatic heterocycles. The van der Waals surface area contributed by atoms with Crippen LogP contribution in [0.25, 0.3) is 0 Å². The van der Waals surface area contributed by atoms with Crippen molar-refractivity contribution in [3.8, 4) is 0 Å². The van der Waals surface area contributed by atoms with Crippen LogP contribution in [-0.2, 0) is 6.54 Å². The number of benzene rings is 1. The number of unbranched alkanes of at least 4 members (excludes halogenated alkanes) is 11. The summed E-state index contributed by atoms with van der Waals surface area (Å²) in [5.74, 6) is 0. The van der Waals surface area contributed by atoms with Gasteiger partial charge in [-0.05, 0) is 37.7 Å². The van der Waals surface area contributed by atoms with E-state index >= 15 is 0 Å². The van der Waals surface area contributed by atoms with Crippen molar-refractivity contribution in [1.82, 2.24) is 10.6 Å². The number of amides is 2. The second kappa shape index (κ2) is 18.6. The third-order valence-electron chi connectivity index (χ3n) is 5.02. The van der Waals surface area contributed by atoms with Gasteiger partial charge in [-0.25, -0.2) is 4.79 Å². The van der Waals surface area contributed by atoms with Gasteiger partial charge in [-0.2, -0.15) is 0 Å². The number of carbonyl (C=O) groups excluding carboxylic acids is 1. The standard InChI is InChI=1S/C25H42N2O/c1-2-3-4-5-6-7-8-9-10-11-12-13-14-15-19-22-26-25(28)27-23-24-20-17-16-18-21-24/h9-10,16-18,20-21H,2-8,11-15,19,22-23H2,1H3,(H2,26,27,28). The van der Waals surface area contributed by atoms with Crippen molar-refractivity contribution >= 4 is 6.03 Å². The summed E-state index contributed by atoms with van der Waals surface area (Å²) in [5, 5.41) is 5.83. The molecule has 0 radical (unpaired) electrons. The van der Waals surface area contributed by atoms with Crippen molar-refractivity contribution in [2.45, 2.75) is 96.9 Å². The maximum atomic E-state index is 11.7. The summed E-state index contributed by atoms with van der Waals surface area (Å²) in [7, 11) is 0. The van der Waals surface area contributed by atoms with Crippen LogP contribution in [-0.4, -0.2) is 12.6 Å². The molecule has 0 spiro atoms. The van der Waals surface area contributed by atoms with Crippen LogP contribution >= 0.6 is 0 Å². The van der Waals surface area contributed by atoms with Crippen molar-refractivity contribution in [3.63, 3.8) is 0 Å². The summed E-state index contributed by atoms with van der Waals surface area (Å²) in [5.41, 5.74) is 1.12. The molecule has 0 aliphatic rings. The highest BCUT2D eigenvalue weighted by Crippen LogP contribution is 2.09. The molecule has 0 saturated heterocycles. The van der Waals surface area contributed by atoms with Gasteiger partial charge in [0.05, 0.1) is 0 Å². The Morgan fingerprint density at radius 3 is 1.96 bits per heavy atom. The Hall–Kier alpha value is -1.77. The van der Waals surface area contributed by atoms with Gasteiger partial charge in [0.1, 0.15) is 0 Å². The van der Waals surface area contributed by atoms with Gasteiger partial charge in [-0.3, -0.25) is 0 Å².